The molecular weight excluding hydrogens is 353 g/mol. The minimum absolute atomic E-state index is 0.0442. The maximum absolute atomic E-state index is 13.0. The zero-order valence-corrected chi connectivity index (χ0v) is 14.4. The summed E-state index contributed by atoms with van der Waals surface area (Å²) in [5, 5.41) is 9.55. The van der Waals surface area contributed by atoms with Gasteiger partial charge in [0.15, 0.2) is 18.1 Å². The van der Waals surface area contributed by atoms with Crippen LogP contribution in [0.1, 0.15) is 48.9 Å². The molecule has 1 atom stereocenters. The summed E-state index contributed by atoms with van der Waals surface area (Å²) >= 11 is 0. The first kappa shape index (κ1) is 18.4. The highest BCUT2D eigenvalue weighted by Crippen LogP contribution is 2.36. The zero-order valence-electron chi connectivity index (χ0n) is 14.4. The second-order valence-electron chi connectivity index (χ2n) is 6.78. The number of aromatic amines is 1. The van der Waals surface area contributed by atoms with Gasteiger partial charge >= 0.3 is 12.1 Å². The molecule has 3 rings (SSSR count). The average Bonchev–Trinajstić information content (AvgIpc) is 3.17. The van der Waals surface area contributed by atoms with Gasteiger partial charge in [-0.2, -0.15) is 23.3 Å². The Morgan fingerprint density at radius 1 is 1.42 bits per heavy atom. The molecule has 0 bridgehead atoms. The molecule has 1 aliphatic carbocycles. The van der Waals surface area contributed by atoms with Crippen LogP contribution in [0, 0.1) is 11.8 Å². The van der Waals surface area contributed by atoms with E-state index in [1.165, 1.54) is 0 Å². The Balaban J connectivity index is 1.59. The van der Waals surface area contributed by atoms with Gasteiger partial charge < -0.3 is 9.26 Å². The number of fused-ring (bicyclic) bond motifs is 1. The van der Waals surface area contributed by atoms with Crippen LogP contribution in [0.4, 0.5) is 13.2 Å². The van der Waals surface area contributed by atoms with Crippen molar-refractivity contribution >= 4 is 5.97 Å². The van der Waals surface area contributed by atoms with Crippen molar-refractivity contribution in [3.63, 3.8) is 0 Å². The highest BCUT2D eigenvalue weighted by molar-refractivity contribution is 5.73. The summed E-state index contributed by atoms with van der Waals surface area (Å²) in [7, 11) is 0. The first-order valence-electron chi connectivity index (χ1n) is 8.35. The third-order valence-electron chi connectivity index (χ3n) is 4.19. The minimum Gasteiger partial charge on any atom is -0.455 e. The monoisotopic (exact) mass is 372 g/mol. The van der Waals surface area contributed by atoms with E-state index in [0.717, 1.165) is 0 Å². The fourth-order valence-corrected chi connectivity index (χ4v) is 2.98. The number of aromatic nitrogens is 4. The molecule has 1 N–H and O–H groups in total. The van der Waals surface area contributed by atoms with E-state index >= 15 is 0 Å². The van der Waals surface area contributed by atoms with Gasteiger partial charge in [-0.15, -0.1) is 0 Å². The number of rotatable bonds is 5. The number of hydrogen-bond acceptors (Lipinski definition) is 6. The standard InChI is InChI=1S/C16H19F3N4O3/c1-8(2)5-12-20-13(26-23-12)7-25-15(24)9-3-4-11-10(6-9)14(22-21-11)16(17,18)19/h8-9H,3-7H2,1-2H3,(H,21,22). The number of carbonyl (C=O) groups excluding carboxylic acids is 1. The normalized spacial score (nSPS) is 17.4. The maximum atomic E-state index is 13.0. The number of hydrogen-bond donors (Lipinski definition) is 1. The van der Waals surface area contributed by atoms with Crippen LogP contribution in [0.15, 0.2) is 4.52 Å². The van der Waals surface area contributed by atoms with E-state index in [4.69, 9.17) is 9.26 Å². The van der Waals surface area contributed by atoms with Crippen LogP contribution in [0.25, 0.3) is 0 Å². The van der Waals surface area contributed by atoms with Crippen molar-refractivity contribution in [3.8, 4) is 0 Å². The Labute approximate surface area is 147 Å². The van der Waals surface area contributed by atoms with Crippen molar-refractivity contribution in [2.45, 2.75) is 52.3 Å². The summed E-state index contributed by atoms with van der Waals surface area (Å²) in [5.41, 5.74) is -0.487. The van der Waals surface area contributed by atoms with Crippen LogP contribution in [-0.4, -0.2) is 26.3 Å². The van der Waals surface area contributed by atoms with Crippen LogP contribution in [-0.2, 0) is 41.6 Å². The molecule has 0 amide bonds. The number of alkyl halides is 3. The fraction of sp³-hybridized carbons (Fsp3) is 0.625. The quantitative estimate of drug-likeness (QED) is 0.811. The first-order valence-corrected chi connectivity index (χ1v) is 8.35. The van der Waals surface area contributed by atoms with Crippen molar-refractivity contribution in [3.05, 3.63) is 28.7 Å². The lowest BCUT2D eigenvalue weighted by Gasteiger charge is -2.21. The largest absolute Gasteiger partial charge is 0.455 e. The molecule has 0 fully saturated rings. The van der Waals surface area contributed by atoms with Crippen LogP contribution >= 0.6 is 0 Å². The second-order valence-corrected chi connectivity index (χ2v) is 6.78. The number of esters is 1. The van der Waals surface area contributed by atoms with Crippen LogP contribution in [0.3, 0.4) is 0 Å². The summed E-state index contributed by atoms with van der Waals surface area (Å²) in [6.07, 6.45) is -3.25. The third kappa shape index (κ3) is 4.05. The lowest BCUT2D eigenvalue weighted by molar-refractivity contribution is -0.152. The molecule has 0 spiro atoms. The van der Waals surface area contributed by atoms with Gasteiger partial charge in [-0.05, 0) is 25.2 Å². The molecule has 0 saturated heterocycles. The van der Waals surface area contributed by atoms with E-state index in [1.807, 2.05) is 13.8 Å². The van der Waals surface area contributed by atoms with E-state index in [9.17, 15) is 18.0 Å². The molecule has 10 heteroatoms. The van der Waals surface area contributed by atoms with Crippen LogP contribution < -0.4 is 0 Å². The molecule has 0 radical (unpaired) electrons. The SMILES string of the molecule is CC(C)Cc1noc(COC(=O)C2CCc3[nH]nc(C(F)(F)F)c3C2)n1. The molecule has 26 heavy (non-hydrogen) atoms. The predicted molar refractivity (Wildman–Crippen MR) is 81.7 cm³/mol. The minimum atomic E-state index is -4.55. The smallest absolute Gasteiger partial charge is 0.435 e. The topological polar surface area (TPSA) is 93.9 Å². The number of ether oxygens (including phenoxy) is 1. The van der Waals surface area contributed by atoms with Crippen molar-refractivity contribution in [2.75, 3.05) is 0 Å². The molecule has 2 aromatic heterocycles. The molecule has 2 heterocycles. The number of aryl methyl sites for hydroxylation is 1. The molecule has 1 aliphatic rings. The summed E-state index contributed by atoms with van der Waals surface area (Å²) in [6, 6.07) is 0. The lowest BCUT2D eigenvalue weighted by atomic mass is 9.86. The molecule has 142 valence electrons. The Hall–Kier alpha value is -2.39. The van der Waals surface area contributed by atoms with Crippen molar-refractivity contribution in [1.29, 1.82) is 0 Å². The van der Waals surface area contributed by atoms with Gasteiger partial charge in [0.1, 0.15) is 0 Å². The summed E-state index contributed by atoms with van der Waals surface area (Å²) < 4.78 is 49.1. The Kier molecular flexibility index (Phi) is 5.01. The number of nitrogens with zero attached hydrogens (tertiary/aromatic N) is 3. The van der Waals surface area contributed by atoms with E-state index in [1.54, 1.807) is 0 Å². The summed E-state index contributed by atoms with van der Waals surface area (Å²) in [4.78, 5) is 16.3. The highest BCUT2D eigenvalue weighted by atomic mass is 19.4. The number of carbonyl (C=O) groups is 1. The fourth-order valence-electron chi connectivity index (χ4n) is 2.98. The lowest BCUT2D eigenvalue weighted by Crippen LogP contribution is -2.25. The number of H-pyrrole nitrogens is 1. The summed E-state index contributed by atoms with van der Waals surface area (Å²) in [5.74, 6) is -0.170. The molecule has 1 unspecified atom stereocenters. The van der Waals surface area contributed by atoms with E-state index in [0.29, 0.717) is 36.7 Å². The van der Waals surface area contributed by atoms with Crippen molar-refractivity contribution in [2.24, 2.45) is 11.8 Å². The van der Waals surface area contributed by atoms with E-state index < -0.39 is 23.8 Å². The van der Waals surface area contributed by atoms with E-state index in [-0.39, 0.29) is 24.5 Å². The maximum Gasteiger partial charge on any atom is 0.435 e. The second kappa shape index (κ2) is 7.08. The Morgan fingerprint density at radius 3 is 2.88 bits per heavy atom. The van der Waals surface area contributed by atoms with Gasteiger partial charge in [0.05, 0.1) is 5.92 Å². The first-order chi connectivity index (χ1) is 12.2. The van der Waals surface area contributed by atoms with Crippen molar-refractivity contribution in [1.82, 2.24) is 20.3 Å². The summed E-state index contributed by atoms with van der Waals surface area (Å²) in [6.45, 7) is 3.84. The van der Waals surface area contributed by atoms with Gasteiger partial charge in [-0.1, -0.05) is 19.0 Å². The molecule has 0 aromatic carbocycles. The Bertz CT molecular complexity index is 782. The number of halogens is 3. The zero-order chi connectivity index (χ0) is 18.9. The van der Waals surface area contributed by atoms with Crippen LogP contribution in [0.5, 0.6) is 0 Å². The molecule has 0 saturated carbocycles. The van der Waals surface area contributed by atoms with Gasteiger partial charge in [0.2, 0.25) is 0 Å². The Morgan fingerprint density at radius 2 is 2.19 bits per heavy atom. The van der Waals surface area contributed by atoms with Crippen molar-refractivity contribution < 1.29 is 27.2 Å². The van der Waals surface area contributed by atoms with Gasteiger partial charge in [0.25, 0.3) is 5.89 Å². The van der Waals surface area contributed by atoms with Gasteiger partial charge in [-0.25, -0.2) is 0 Å². The third-order valence-corrected chi connectivity index (χ3v) is 4.19. The molecule has 7 nitrogen and oxygen atoms in total. The average molecular weight is 372 g/mol. The van der Waals surface area contributed by atoms with Crippen LogP contribution in [0.2, 0.25) is 0 Å². The highest BCUT2D eigenvalue weighted by Gasteiger charge is 2.40. The molecule has 2 aromatic rings. The molecule has 0 aliphatic heterocycles. The predicted octanol–water partition coefficient (Wildman–Crippen LogP) is 2.86. The molecular formula is C16H19F3N4O3. The number of nitrogens with one attached hydrogen (secondary N) is 1. The van der Waals surface area contributed by atoms with E-state index in [2.05, 4.69) is 20.3 Å². The van der Waals surface area contributed by atoms with Gasteiger partial charge in [-0.3, -0.25) is 9.89 Å². The van der Waals surface area contributed by atoms with Gasteiger partial charge in [0, 0.05) is 17.7 Å².